The summed E-state index contributed by atoms with van der Waals surface area (Å²) in [6.07, 6.45) is 0. The van der Waals surface area contributed by atoms with Gasteiger partial charge in [-0.3, -0.25) is 14.5 Å². The molecule has 1 saturated heterocycles. The average molecular weight is 328 g/mol. The van der Waals surface area contributed by atoms with E-state index in [4.69, 9.17) is 0 Å². The lowest BCUT2D eigenvalue weighted by molar-refractivity contribution is -0.143. The minimum atomic E-state index is -0.863. The number of hydrogen-bond acceptors (Lipinski definition) is 6. The molecule has 0 bridgehead atoms. The molecule has 0 radical (unpaired) electrons. The van der Waals surface area contributed by atoms with Gasteiger partial charge in [0.1, 0.15) is 0 Å². The Kier molecular flexibility index (Phi) is 3.84. The Morgan fingerprint density at radius 3 is 2.21 bits per heavy atom. The fraction of sp³-hybridized carbons (Fsp3) is 0.333. The first-order valence-corrected chi connectivity index (χ1v) is 7.46. The third-order valence-corrected chi connectivity index (χ3v) is 3.94. The maximum Gasteiger partial charge on any atom is 0.334 e. The standard InChI is InChI=1S/C15H16N6O3/c1-4-19-13(22)14(23)20(15(19)24)8-11-16-17-18-21(11)12-9(2)6-5-7-10(12)3/h5-7H,4,8H2,1-3H3. The van der Waals surface area contributed by atoms with Crippen LogP contribution in [0.5, 0.6) is 0 Å². The van der Waals surface area contributed by atoms with Gasteiger partial charge in [-0.1, -0.05) is 18.2 Å². The molecule has 0 aliphatic carbocycles. The number of para-hydroxylation sites is 1. The van der Waals surface area contributed by atoms with Gasteiger partial charge in [0.25, 0.3) is 0 Å². The summed E-state index contributed by atoms with van der Waals surface area (Å²) in [6.45, 7) is 5.44. The fourth-order valence-electron chi connectivity index (χ4n) is 2.73. The van der Waals surface area contributed by atoms with E-state index in [1.165, 1.54) is 4.68 Å². The monoisotopic (exact) mass is 328 g/mol. The van der Waals surface area contributed by atoms with E-state index in [-0.39, 0.29) is 13.1 Å². The van der Waals surface area contributed by atoms with Gasteiger partial charge in [-0.05, 0) is 42.3 Å². The maximum atomic E-state index is 12.2. The Labute approximate surface area is 137 Å². The van der Waals surface area contributed by atoms with Gasteiger partial charge < -0.3 is 0 Å². The summed E-state index contributed by atoms with van der Waals surface area (Å²) in [6, 6.07) is 5.11. The number of urea groups is 1. The molecule has 0 saturated carbocycles. The highest BCUT2D eigenvalue weighted by atomic mass is 16.2. The summed E-state index contributed by atoms with van der Waals surface area (Å²) >= 11 is 0. The van der Waals surface area contributed by atoms with Crippen molar-refractivity contribution in [1.29, 1.82) is 0 Å². The van der Waals surface area contributed by atoms with Gasteiger partial charge in [-0.15, -0.1) is 5.10 Å². The Balaban J connectivity index is 1.97. The number of rotatable bonds is 4. The molecule has 4 amide bonds. The van der Waals surface area contributed by atoms with Crippen LogP contribution in [0.4, 0.5) is 4.79 Å². The first-order chi connectivity index (χ1) is 11.5. The SMILES string of the molecule is CCN1C(=O)C(=O)N(Cc2nnnn2-c2c(C)cccc2C)C1=O. The van der Waals surface area contributed by atoms with E-state index in [9.17, 15) is 14.4 Å². The lowest BCUT2D eigenvalue weighted by Gasteiger charge is -2.15. The van der Waals surface area contributed by atoms with E-state index in [0.29, 0.717) is 5.82 Å². The molecule has 24 heavy (non-hydrogen) atoms. The van der Waals surface area contributed by atoms with Gasteiger partial charge in [-0.25, -0.2) is 9.69 Å². The molecule has 0 unspecified atom stereocenters. The van der Waals surface area contributed by atoms with Crippen LogP contribution in [-0.4, -0.2) is 54.4 Å². The summed E-state index contributed by atoms with van der Waals surface area (Å²) in [7, 11) is 0. The molecule has 124 valence electrons. The quantitative estimate of drug-likeness (QED) is 0.601. The van der Waals surface area contributed by atoms with Crippen LogP contribution in [-0.2, 0) is 16.1 Å². The van der Waals surface area contributed by atoms with Crippen LogP contribution in [0, 0.1) is 13.8 Å². The molecule has 3 rings (SSSR count). The normalized spacial score (nSPS) is 14.9. The first kappa shape index (κ1) is 15.8. The summed E-state index contributed by atoms with van der Waals surface area (Å²) in [5.41, 5.74) is 2.69. The lowest BCUT2D eigenvalue weighted by atomic mass is 10.1. The maximum absolute atomic E-state index is 12.2. The number of aromatic nitrogens is 4. The van der Waals surface area contributed by atoms with Crippen LogP contribution in [0.15, 0.2) is 18.2 Å². The predicted molar refractivity (Wildman–Crippen MR) is 82.0 cm³/mol. The number of imide groups is 2. The van der Waals surface area contributed by atoms with Crippen molar-refractivity contribution in [3.8, 4) is 5.69 Å². The Morgan fingerprint density at radius 2 is 1.62 bits per heavy atom. The second-order valence-electron chi connectivity index (χ2n) is 5.47. The second-order valence-corrected chi connectivity index (χ2v) is 5.47. The molecule has 1 fully saturated rings. The van der Waals surface area contributed by atoms with Crippen LogP contribution in [0.3, 0.4) is 0 Å². The number of carbonyl (C=O) groups is 3. The molecule has 1 aromatic heterocycles. The molecule has 9 nitrogen and oxygen atoms in total. The number of likely N-dealkylation sites (N-methyl/N-ethyl adjacent to an activating group) is 1. The van der Waals surface area contributed by atoms with Crippen LogP contribution < -0.4 is 0 Å². The summed E-state index contributed by atoms with van der Waals surface area (Å²) in [4.78, 5) is 37.8. The van der Waals surface area contributed by atoms with E-state index in [0.717, 1.165) is 26.6 Å². The highest BCUT2D eigenvalue weighted by molar-refractivity contribution is 6.44. The van der Waals surface area contributed by atoms with Crippen molar-refractivity contribution in [1.82, 2.24) is 30.0 Å². The van der Waals surface area contributed by atoms with Crippen molar-refractivity contribution < 1.29 is 14.4 Å². The topological polar surface area (TPSA) is 101 Å². The molecular weight excluding hydrogens is 312 g/mol. The number of aryl methyl sites for hydroxylation is 2. The zero-order valence-corrected chi connectivity index (χ0v) is 13.6. The van der Waals surface area contributed by atoms with Crippen molar-refractivity contribution in [2.45, 2.75) is 27.3 Å². The highest BCUT2D eigenvalue weighted by Crippen LogP contribution is 2.20. The Morgan fingerprint density at radius 1 is 1.00 bits per heavy atom. The molecule has 2 heterocycles. The molecule has 9 heteroatoms. The molecule has 1 aliphatic heterocycles. The van der Waals surface area contributed by atoms with E-state index in [1.807, 2.05) is 32.0 Å². The molecular formula is C15H16N6O3. The van der Waals surface area contributed by atoms with Crippen molar-refractivity contribution in [2.24, 2.45) is 0 Å². The van der Waals surface area contributed by atoms with Crippen molar-refractivity contribution >= 4 is 17.8 Å². The van der Waals surface area contributed by atoms with E-state index in [2.05, 4.69) is 15.5 Å². The largest absolute Gasteiger partial charge is 0.334 e. The predicted octanol–water partition coefficient (Wildman–Crippen LogP) is 0.590. The summed E-state index contributed by atoms with van der Waals surface area (Å²) in [5, 5.41) is 11.5. The van der Waals surface area contributed by atoms with Gasteiger partial charge in [0.05, 0.1) is 12.2 Å². The number of hydrogen-bond donors (Lipinski definition) is 0. The average Bonchev–Trinajstić information content (AvgIpc) is 3.07. The summed E-state index contributed by atoms with van der Waals surface area (Å²) in [5.74, 6) is -1.38. The number of tetrazole rings is 1. The van der Waals surface area contributed by atoms with Crippen LogP contribution in [0.25, 0.3) is 5.69 Å². The van der Waals surface area contributed by atoms with Crippen molar-refractivity contribution in [2.75, 3.05) is 6.54 Å². The van der Waals surface area contributed by atoms with Gasteiger partial charge in [0.15, 0.2) is 5.82 Å². The minimum Gasteiger partial charge on any atom is -0.263 e. The molecule has 0 atom stereocenters. The zero-order valence-electron chi connectivity index (χ0n) is 13.6. The van der Waals surface area contributed by atoms with Crippen LogP contribution >= 0.6 is 0 Å². The van der Waals surface area contributed by atoms with Gasteiger partial charge in [-0.2, -0.15) is 4.68 Å². The number of nitrogens with zero attached hydrogens (tertiary/aromatic N) is 6. The van der Waals surface area contributed by atoms with E-state index >= 15 is 0 Å². The molecule has 0 spiro atoms. The molecule has 1 aromatic carbocycles. The Hall–Kier alpha value is -3.10. The number of amides is 4. The van der Waals surface area contributed by atoms with Crippen LogP contribution in [0.2, 0.25) is 0 Å². The number of carbonyl (C=O) groups excluding carboxylic acids is 3. The van der Waals surface area contributed by atoms with Gasteiger partial charge in [0, 0.05) is 6.54 Å². The summed E-state index contributed by atoms with van der Waals surface area (Å²) < 4.78 is 1.49. The van der Waals surface area contributed by atoms with Crippen molar-refractivity contribution in [3.05, 3.63) is 35.2 Å². The first-order valence-electron chi connectivity index (χ1n) is 7.46. The van der Waals surface area contributed by atoms with Gasteiger partial charge in [0.2, 0.25) is 0 Å². The second kappa shape index (κ2) is 5.84. The van der Waals surface area contributed by atoms with Gasteiger partial charge >= 0.3 is 17.8 Å². The highest BCUT2D eigenvalue weighted by Gasteiger charge is 2.44. The lowest BCUT2D eigenvalue weighted by Crippen LogP contribution is -2.33. The smallest absolute Gasteiger partial charge is 0.263 e. The third kappa shape index (κ3) is 2.34. The van der Waals surface area contributed by atoms with Crippen LogP contribution in [0.1, 0.15) is 23.9 Å². The zero-order chi connectivity index (χ0) is 17.4. The molecule has 1 aliphatic rings. The van der Waals surface area contributed by atoms with Crippen molar-refractivity contribution in [3.63, 3.8) is 0 Å². The number of benzene rings is 1. The molecule has 0 N–H and O–H groups in total. The van der Waals surface area contributed by atoms with E-state index in [1.54, 1.807) is 6.92 Å². The van der Waals surface area contributed by atoms with E-state index < -0.39 is 17.8 Å². The minimum absolute atomic E-state index is 0.141. The molecule has 2 aromatic rings. The Bertz CT molecular complexity index is 823. The third-order valence-electron chi connectivity index (χ3n) is 3.94. The fourth-order valence-corrected chi connectivity index (χ4v) is 2.73.